The minimum atomic E-state index is -0.0896. The lowest BCUT2D eigenvalue weighted by molar-refractivity contribution is 0.0876. The van der Waals surface area contributed by atoms with Gasteiger partial charge in [-0.15, -0.1) is 0 Å². The molecule has 0 spiro atoms. The average molecular weight is 437 g/mol. The van der Waals surface area contributed by atoms with E-state index in [-0.39, 0.29) is 5.78 Å². The first-order valence-corrected chi connectivity index (χ1v) is 11.0. The number of rotatable bonds is 3. The Morgan fingerprint density at radius 1 is 1.15 bits per heavy atom. The smallest absolute Gasteiger partial charge is 0.231 e. The molecule has 4 heterocycles. The summed E-state index contributed by atoms with van der Waals surface area (Å²) < 4.78 is 14.3. The molecule has 0 amide bonds. The van der Waals surface area contributed by atoms with Crippen LogP contribution >= 0.6 is 0 Å². The van der Waals surface area contributed by atoms with Crippen molar-refractivity contribution in [2.24, 2.45) is 7.05 Å². The van der Waals surface area contributed by atoms with Crippen LogP contribution in [0.15, 0.2) is 66.8 Å². The number of aryl methyl sites for hydroxylation is 1. The Bertz CT molecular complexity index is 1440. The second-order valence-electron chi connectivity index (χ2n) is 8.64. The van der Waals surface area contributed by atoms with Crippen molar-refractivity contribution >= 4 is 22.8 Å². The molecule has 2 aliphatic heterocycles. The van der Waals surface area contributed by atoms with Crippen molar-refractivity contribution in [1.29, 1.82) is 0 Å². The van der Waals surface area contributed by atoms with Gasteiger partial charge < -0.3 is 14.0 Å². The van der Waals surface area contributed by atoms with Crippen LogP contribution < -0.4 is 9.47 Å². The normalized spacial score (nSPS) is 16.5. The molecule has 4 aromatic rings. The zero-order valence-electron chi connectivity index (χ0n) is 18.5. The highest BCUT2D eigenvalue weighted by Gasteiger charge is 2.33. The Kier molecular flexibility index (Phi) is 4.55. The van der Waals surface area contributed by atoms with Gasteiger partial charge in [0.1, 0.15) is 18.2 Å². The number of pyridine rings is 1. The standard InChI is InChI=1S/C27H23N3O3/c1-17-26-20(15-30(16-32-26)13-18-6-5-9-28-12-18)10-22-25(31)24(33-27(17)22)11-19-14-29(2)23-8-4-3-7-21(19)23/h3-12,14H,13,15-16H2,1-2H3/b24-11-. The highest BCUT2D eigenvalue weighted by atomic mass is 16.5. The van der Waals surface area contributed by atoms with Crippen molar-refractivity contribution in [1.82, 2.24) is 14.5 Å². The van der Waals surface area contributed by atoms with Crippen LogP contribution in [-0.2, 0) is 20.1 Å². The number of ether oxygens (including phenoxy) is 2. The summed E-state index contributed by atoms with van der Waals surface area (Å²) in [6.45, 7) is 3.88. The van der Waals surface area contributed by atoms with Gasteiger partial charge in [0.2, 0.25) is 5.78 Å². The fourth-order valence-electron chi connectivity index (χ4n) is 4.78. The van der Waals surface area contributed by atoms with Gasteiger partial charge in [0.05, 0.1) is 5.56 Å². The van der Waals surface area contributed by atoms with E-state index >= 15 is 0 Å². The fourth-order valence-corrected chi connectivity index (χ4v) is 4.78. The SMILES string of the molecule is Cc1c2c(cc3c1O/C(=C\c1cn(C)c4ccccc14)C3=O)CN(Cc1cccnc1)CO2. The molecule has 2 aromatic carbocycles. The molecule has 6 rings (SSSR count). The Hall–Kier alpha value is -3.90. The Balaban J connectivity index is 1.32. The van der Waals surface area contributed by atoms with E-state index < -0.39 is 0 Å². The van der Waals surface area contributed by atoms with Crippen molar-refractivity contribution in [2.45, 2.75) is 20.0 Å². The molecule has 6 nitrogen and oxygen atoms in total. The number of para-hydroxylation sites is 1. The summed E-state index contributed by atoms with van der Waals surface area (Å²) in [5.41, 5.74) is 5.68. The number of aromatic nitrogens is 2. The lowest BCUT2D eigenvalue weighted by atomic mass is 10.00. The molecule has 0 N–H and O–H groups in total. The molecule has 6 heteroatoms. The lowest BCUT2D eigenvalue weighted by Crippen LogP contribution is -2.32. The van der Waals surface area contributed by atoms with E-state index in [1.165, 1.54) is 0 Å². The summed E-state index contributed by atoms with van der Waals surface area (Å²) in [5.74, 6) is 1.67. The molecule has 2 aliphatic rings. The first kappa shape index (κ1) is 19.8. The number of allylic oxidation sites excluding steroid dienone is 1. The van der Waals surface area contributed by atoms with Crippen LogP contribution in [0.5, 0.6) is 11.5 Å². The van der Waals surface area contributed by atoms with Gasteiger partial charge in [0.25, 0.3) is 0 Å². The predicted octanol–water partition coefficient (Wildman–Crippen LogP) is 4.85. The third kappa shape index (κ3) is 3.31. The number of hydrogen-bond donors (Lipinski definition) is 0. The molecule has 0 saturated heterocycles. The van der Waals surface area contributed by atoms with Crippen LogP contribution in [0.2, 0.25) is 0 Å². The third-order valence-electron chi connectivity index (χ3n) is 6.35. The summed E-state index contributed by atoms with van der Waals surface area (Å²) in [4.78, 5) is 19.7. The summed E-state index contributed by atoms with van der Waals surface area (Å²) in [7, 11) is 2.00. The number of hydrogen-bond acceptors (Lipinski definition) is 5. The first-order chi connectivity index (χ1) is 16.1. The zero-order chi connectivity index (χ0) is 22.5. The van der Waals surface area contributed by atoms with Gasteiger partial charge in [-0.25, -0.2) is 0 Å². The van der Waals surface area contributed by atoms with Gasteiger partial charge in [-0.05, 0) is 36.8 Å². The van der Waals surface area contributed by atoms with Crippen LogP contribution in [0.4, 0.5) is 0 Å². The van der Waals surface area contributed by atoms with Gasteiger partial charge >= 0.3 is 0 Å². The summed E-state index contributed by atoms with van der Waals surface area (Å²) >= 11 is 0. The quantitative estimate of drug-likeness (QED) is 0.429. The predicted molar refractivity (Wildman–Crippen MR) is 126 cm³/mol. The monoisotopic (exact) mass is 437 g/mol. The zero-order valence-corrected chi connectivity index (χ0v) is 18.5. The van der Waals surface area contributed by atoms with Crippen LogP contribution in [0, 0.1) is 6.92 Å². The molecule has 33 heavy (non-hydrogen) atoms. The highest BCUT2D eigenvalue weighted by Crippen LogP contribution is 2.43. The molecule has 0 atom stereocenters. The molecule has 2 aromatic heterocycles. The van der Waals surface area contributed by atoms with E-state index in [0.717, 1.165) is 45.5 Å². The molecule has 0 bridgehead atoms. The number of carbonyl (C=O) groups excluding carboxylic acids is 1. The van der Waals surface area contributed by atoms with Gasteiger partial charge in [0, 0.05) is 66.3 Å². The number of nitrogens with zero attached hydrogens (tertiary/aromatic N) is 3. The van der Waals surface area contributed by atoms with Gasteiger partial charge in [-0.2, -0.15) is 0 Å². The maximum Gasteiger partial charge on any atom is 0.231 e. The Morgan fingerprint density at radius 3 is 2.88 bits per heavy atom. The maximum absolute atomic E-state index is 13.3. The van der Waals surface area contributed by atoms with E-state index in [1.54, 1.807) is 6.20 Å². The largest absolute Gasteiger partial charge is 0.477 e. The lowest BCUT2D eigenvalue weighted by Gasteiger charge is -2.30. The topological polar surface area (TPSA) is 56.6 Å². The van der Waals surface area contributed by atoms with E-state index in [2.05, 4.69) is 32.7 Å². The van der Waals surface area contributed by atoms with E-state index in [1.807, 2.05) is 56.7 Å². The first-order valence-electron chi connectivity index (χ1n) is 11.0. The van der Waals surface area contributed by atoms with E-state index in [9.17, 15) is 4.79 Å². The van der Waals surface area contributed by atoms with Gasteiger partial charge in [-0.3, -0.25) is 14.7 Å². The molecule has 0 saturated carbocycles. The van der Waals surface area contributed by atoms with Crippen LogP contribution in [0.1, 0.15) is 32.6 Å². The number of fused-ring (bicyclic) bond motifs is 3. The fraction of sp³-hybridized carbons (Fsp3) is 0.185. The Labute approximate surface area is 191 Å². The molecule has 0 radical (unpaired) electrons. The van der Waals surface area contributed by atoms with E-state index in [0.29, 0.717) is 30.3 Å². The van der Waals surface area contributed by atoms with Gasteiger partial charge in [0.15, 0.2) is 5.76 Å². The third-order valence-corrected chi connectivity index (χ3v) is 6.35. The molecule has 0 fully saturated rings. The molecule has 0 unspecified atom stereocenters. The Morgan fingerprint density at radius 2 is 2.03 bits per heavy atom. The molecular formula is C27H23N3O3. The maximum atomic E-state index is 13.3. The minimum absolute atomic E-state index is 0.0896. The van der Waals surface area contributed by atoms with Crippen LogP contribution in [-0.4, -0.2) is 27.0 Å². The summed E-state index contributed by atoms with van der Waals surface area (Å²) in [5, 5.41) is 1.09. The summed E-state index contributed by atoms with van der Waals surface area (Å²) in [6.07, 6.45) is 7.51. The van der Waals surface area contributed by atoms with Crippen LogP contribution in [0.25, 0.3) is 17.0 Å². The second kappa shape index (κ2) is 7.60. The van der Waals surface area contributed by atoms with Gasteiger partial charge in [-0.1, -0.05) is 24.3 Å². The van der Waals surface area contributed by atoms with Crippen molar-refractivity contribution in [3.8, 4) is 11.5 Å². The van der Waals surface area contributed by atoms with Crippen molar-refractivity contribution in [3.63, 3.8) is 0 Å². The number of ketones is 1. The molecular weight excluding hydrogens is 414 g/mol. The summed E-state index contributed by atoms with van der Waals surface area (Å²) in [6, 6.07) is 14.1. The molecule has 164 valence electrons. The highest BCUT2D eigenvalue weighted by molar-refractivity contribution is 6.15. The average Bonchev–Trinajstić information content (AvgIpc) is 3.32. The number of Topliss-reactive ketones (excluding diaryl/α,β-unsaturated/α-hetero) is 1. The second-order valence-corrected chi connectivity index (χ2v) is 8.64. The number of benzene rings is 2. The van der Waals surface area contributed by atoms with Crippen molar-refractivity contribution < 1.29 is 14.3 Å². The van der Waals surface area contributed by atoms with Crippen molar-refractivity contribution in [3.05, 3.63) is 94.6 Å². The van der Waals surface area contributed by atoms with Crippen LogP contribution in [0.3, 0.4) is 0 Å². The minimum Gasteiger partial charge on any atom is -0.477 e. The number of carbonyl (C=O) groups is 1. The molecule has 0 aliphatic carbocycles. The van der Waals surface area contributed by atoms with Crippen molar-refractivity contribution in [2.75, 3.05) is 6.73 Å². The van der Waals surface area contributed by atoms with E-state index in [4.69, 9.17) is 9.47 Å².